The summed E-state index contributed by atoms with van der Waals surface area (Å²) in [5.41, 5.74) is 0.403. The predicted octanol–water partition coefficient (Wildman–Crippen LogP) is 8.07. The molecular weight excluding hydrogens is 446 g/mol. The number of hydrogen-bond donors (Lipinski definition) is 2. The van der Waals surface area contributed by atoms with Crippen molar-refractivity contribution in [3.05, 3.63) is 23.0 Å². The lowest BCUT2D eigenvalue weighted by Gasteiger charge is -2.61. The van der Waals surface area contributed by atoms with Crippen molar-refractivity contribution in [3.63, 3.8) is 0 Å². The van der Waals surface area contributed by atoms with Gasteiger partial charge in [-0.05, 0) is 101 Å². The molecule has 3 aliphatic carbocycles. The van der Waals surface area contributed by atoms with E-state index >= 15 is 0 Å². The second-order valence-electron chi connectivity index (χ2n) is 13.9. The first-order chi connectivity index (χ1) is 16.7. The second-order valence-corrected chi connectivity index (χ2v) is 13.9. The van der Waals surface area contributed by atoms with Crippen LogP contribution in [-0.4, -0.2) is 21.6 Å². The maximum Gasteiger partial charge on any atom is 0.137 e. The van der Waals surface area contributed by atoms with E-state index in [2.05, 4.69) is 53.7 Å². The Morgan fingerprint density at radius 1 is 1.17 bits per heavy atom. The van der Waals surface area contributed by atoms with E-state index < -0.39 is 11.0 Å². The maximum absolute atomic E-state index is 13.8. The maximum atomic E-state index is 13.8. The van der Waals surface area contributed by atoms with Crippen molar-refractivity contribution in [3.8, 4) is 6.07 Å². The van der Waals surface area contributed by atoms with Crippen LogP contribution in [0.5, 0.6) is 0 Å². The molecule has 3 fully saturated rings. The standard InChI is InChI=1S/C32H51NO3/c1-9-11-22(20-33)28(35)29(4,5)23-13-16-30(6)24(18-23)19-26(34)27-25(14-17-31(27,30)7)32(8,36)15-10-12-21(2)3/h12,23-25,27,35-36H,9-11,13-19H2,1-8H3/b28-22-/t23?,24?,25?,27?,30-,31-,32?/m1/s1. The van der Waals surface area contributed by atoms with Crippen LogP contribution in [0.25, 0.3) is 0 Å². The zero-order valence-electron chi connectivity index (χ0n) is 24.2. The molecule has 0 aromatic rings. The highest BCUT2D eigenvalue weighted by Crippen LogP contribution is 2.70. The van der Waals surface area contributed by atoms with Crippen LogP contribution in [0.4, 0.5) is 0 Å². The van der Waals surface area contributed by atoms with Gasteiger partial charge < -0.3 is 10.2 Å². The zero-order valence-corrected chi connectivity index (χ0v) is 24.2. The first kappa shape index (κ1) is 29.0. The molecule has 7 atom stereocenters. The molecule has 0 aromatic heterocycles. The molecule has 36 heavy (non-hydrogen) atoms. The largest absolute Gasteiger partial charge is 0.511 e. The molecular formula is C32H51NO3. The van der Waals surface area contributed by atoms with Gasteiger partial charge in [-0.3, -0.25) is 4.79 Å². The third-order valence-corrected chi connectivity index (χ3v) is 11.2. The van der Waals surface area contributed by atoms with Crippen LogP contribution < -0.4 is 0 Å². The summed E-state index contributed by atoms with van der Waals surface area (Å²) in [5.74, 6) is 1.06. The fourth-order valence-electron chi connectivity index (χ4n) is 8.50. The number of carbonyl (C=O) groups is 1. The Labute approximate surface area is 220 Å². The van der Waals surface area contributed by atoms with Gasteiger partial charge in [0.05, 0.1) is 17.2 Å². The summed E-state index contributed by atoms with van der Waals surface area (Å²) >= 11 is 0. The van der Waals surface area contributed by atoms with Gasteiger partial charge in [0.1, 0.15) is 11.5 Å². The molecule has 3 aliphatic rings. The van der Waals surface area contributed by atoms with Crippen LogP contribution in [0.3, 0.4) is 0 Å². The Hall–Kier alpha value is -1.60. The number of nitriles is 1. The first-order valence-corrected chi connectivity index (χ1v) is 14.4. The number of Topliss-reactive ketones (excluding diaryl/α,β-unsaturated/α-hetero) is 1. The first-order valence-electron chi connectivity index (χ1n) is 14.4. The summed E-state index contributed by atoms with van der Waals surface area (Å²) < 4.78 is 0. The van der Waals surface area contributed by atoms with E-state index in [-0.39, 0.29) is 40.3 Å². The van der Waals surface area contributed by atoms with E-state index in [9.17, 15) is 20.3 Å². The lowest BCUT2D eigenvalue weighted by atomic mass is 9.43. The quantitative estimate of drug-likeness (QED) is 0.202. The minimum atomic E-state index is -0.837. The Kier molecular flexibility index (Phi) is 8.27. The molecule has 0 amide bonds. The number of allylic oxidation sites excluding steroid dienone is 4. The van der Waals surface area contributed by atoms with E-state index in [1.54, 1.807) is 0 Å². The summed E-state index contributed by atoms with van der Waals surface area (Å²) in [4.78, 5) is 13.8. The van der Waals surface area contributed by atoms with E-state index in [1.807, 2.05) is 13.8 Å². The van der Waals surface area contributed by atoms with Crippen LogP contribution in [0.15, 0.2) is 23.0 Å². The van der Waals surface area contributed by atoms with E-state index in [0.29, 0.717) is 30.6 Å². The minimum absolute atomic E-state index is 0.0201. The van der Waals surface area contributed by atoms with Gasteiger partial charge in [-0.1, -0.05) is 52.7 Å². The molecule has 0 heterocycles. The predicted molar refractivity (Wildman–Crippen MR) is 146 cm³/mol. The van der Waals surface area contributed by atoms with Crippen LogP contribution in [0.1, 0.15) is 120 Å². The van der Waals surface area contributed by atoms with Gasteiger partial charge >= 0.3 is 0 Å². The lowest BCUT2D eigenvalue weighted by molar-refractivity contribution is -0.164. The fourth-order valence-corrected chi connectivity index (χ4v) is 8.50. The molecule has 2 N–H and O–H groups in total. The monoisotopic (exact) mass is 497 g/mol. The fraction of sp³-hybridized carbons (Fsp3) is 0.812. The Bertz CT molecular complexity index is 947. The average Bonchev–Trinajstić information content (AvgIpc) is 3.18. The van der Waals surface area contributed by atoms with Gasteiger partial charge in [-0.15, -0.1) is 0 Å². The van der Waals surface area contributed by atoms with Gasteiger partial charge in [-0.2, -0.15) is 5.26 Å². The normalized spacial score (nSPS) is 36.7. The van der Waals surface area contributed by atoms with E-state index in [4.69, 9.17) is 0 Å². The van der Waals surface area contributed by atoms with E-state index in [0.717, 1.165) is 44.9 Å². The molecule has 0 bridgehead atoms. The van der Waals surface area contributed by atoms with Gasteiger partial charge in [0.15, 0.2) is 0 Å². The average molecular weight is 498 g/mol. The highest BCUT2D eigenvalue weighted by Gasteiger charge is 2.66. The summed E-state index contributed by atoms with van der Waals surface area (Å²) in [5, 5.41) is 32.3. The third-order valence-electron chi connectivity index (χ3n) is 11.2. The topological polar surface area (TPSA) is 81.3 Å². The minimum Gasteiger partial charge on any atom is -0.511 e. The summed E-state index contributed by atoms with van der Waals surface area (Å²) in [6.45, 7) is 17.1. The molecule has 3 saturated carbocycles. The van der Waals surface area contributed by atoms with Gasteiger partial charge in [0.25, 0.3) is 0 Å². The SMILES string of the molecule is CCC/C(C#N)=C(/O)C(C)(C)C1CC[C@]2(C)C(CC(=O)C3C(C(C)(O)CCC=C(C)C)CC[C@]32C)C1. The van der Waals surface area contributed by atoms with Crippen molar-refractivity contribution in [1.82, 2.24) is 0 Å². The Morgan fingerprint density at radius 3 is 2.39 bits per heavy atom. The van der Waals surface area contributed by atoms with Crippen LogP contribution >= 0.6 is 0 Å². The smallest absolute Gasteiger partial charge is 0.137 e. The molecule has 0 aliphatic heterocycles. The summed E-state index contributed by atoms with van der Waals surface area (Å²) in [6, 6.07) is 2.24. The molecule has 0 spiro atoms. The van der Waals surface area contributed by atoms with Gasteiger partial charge in [0.2, 0.25) is 0 Å². The van der Waals surface area contributed by atoms with Crippen LogP contribution in [0, 0.1) is 51.2 Å². The molecule has 3 rings (SSSR count). The Balaban J connectivity index is 1.86. The van der Waals surface area contributed by atoms with Crippen LogP contribution in [0.2, 0.25) is 0 Å². The number of rotatable bonds is 8. The molecule has 4 heteroatoms. The van der Waals surface area contributed by atoms with Crippen molar-refractivity contribution in [2.24, 2.45) is 39.9 Å². The number of hydrogen-bond acceptors (Lipinski definition) is 4. The number of aliphatic hydroxyl groups is 2. The zero-order chi connectivity index (χ0) is 27.1. The van der Waals surface area contributed by atoms with Crippen molar-refractivity contribution in [2.75, 3.05) is 0 Å². The number of fused-ring (bicyclic) bond motifs is 3. The highest BCUT2D eigenvalue weighted by molar-refractivity contribution is 5.84. The van der Waals surface area contributed by atoms with E-state index in [1.165, 1.54) is 5.57 Å². The summed E-state index contributed by atoms with van der Waals surface area (Å²) in [6.07, 6.45) is 10.6. The van der Waals surface area contributed by atoms with Crippen LogP contribution in [-0.2, 0) is 4.79 Å². The summed E-state index contributed by atoms with van der Waals surface area (Å²) in [7, 11) is 0. The molecule has 202 valence electrons. The lowest BCUT2D eigenvalue weighted by Crippen LogP contribution is -2.58. The molecule has 5 unspecified atom stereocenters. The Morgan fingerprint density at radius 2 is 1.81 bits per heavy atom. The second kappa shape index (κ2) is 10.3. The number of ketones is 1. The molecule has 0 radical (unpaired) electrons. The van der Waals surface area contributed by atoms with Gasteiger partial charge in [0, 0.05) is 17.8 Å². The van der Waals surface area contributed by atoms with Crippen molar-refractivity contribution < 1.29 is 15.0 Å². The van der Waals surface area contributed by atoms with Crippen molar-refractivity contribution >= 4 is 5.78 Å². The van der Waals surface area contributed by atoms with Gasteiger partial charge in [-0.25, -0.2) is 0 Å². The molecule has 0 aromatic carbocycles. The number of carbonyl (C=O) groups excluding carboxylic acids is 1. The molecule has 4 nitrogen and oxygen atoms in total. The number of aliphatic hydroxyl groups excluding tert-OH is 1. The third kappa shape index (κ3) is 4.82. The molecule has 0 saturated heterocycles. The van der Waals surface area contributed by atoms with Crippen molar-refractivity contribution in [2.45, 2.75) is 125 Å². The highest BCUT2D eigenvalue weighted by atomic mass is 16.3. The number of nitrogens with zero attached hydrogens (tertiary/aromatic N) is 1. The van der Waals surface area contributed by atoms with Crippen molar-refractivity contribution in [1.29, 1.82) is 5.26 Å².